The van der Waals surface area contributed by atoms with Crippen LogP contribution in [0.1, 0.15) is 29.8 Å². The van der Waals surface area contributed by atoms with Crippen molar-refractivity contribution >= 4 is 35.0 Å². The first-order valence-corrected chi connectivity index (χ1v) is 8.95. The van der Waals surface area contributed by atoms with Gasteiger partial charge < -0.3 is 10.2 Å². The predicted molar refractivity (Wildman–Crippen MR) is 96.8 cm³/mol. The molecular formula is C19H18N2O2S. The van der Waals surface area contributed by atoms with E-state index in [1.54, 1.807) is 6.07 Å². The molecule has 4 nitrogen and oxygen atoms in total. The van der Waals surface area contributed by atoms with E-state index in [1.165, 1.54) is 17.3 Å². The summed E-state index contributed by atoms with van der Waals surface area (Å²) < 4.78 is 0. The minimum absolute atomic E-state index is 0.0167. The van der Waals surface area contributed by atoms with E-state index in [0.717, 1.165) is 22.7 Å². The molecule has 0 radical (unpaired) electrons. The van der Waals surface area contributed by atoms with E-state index >= 15 is 0 Å². The van der Waals surface area contributed by atoms with Gasteiger partial charge in [0.05, 0.1) is 10.9 Å². The molecule has 2 aromatic rings. The number of amides is 2. The quantitative estimate of drug-likeness (QED) is 0.862. The SMILES string of the molecule is C[C@H]1Sc2ccc(C(=O)N3c4ccccc4C[C@@H]3C)cc2NC1=O. The van der Waals surface area contributed by atoms with Crippen LogP contribution in [0, 0.1) is 0 Å². The maximum atomic E-state index is 13.1. The van der Waals surface area contributed by atoms with Gasteiger partial charge in [-0.25, -0.2) is 0 Å². The number of nitrogens with zero attached hydrogens (tertiary/aromatic N) is 1. The highest BCUT2D eigenvalue weighted by atomic mass is 32.2. The number of fused-ring (bicyclic) bond motifs is 2. The Bertz CT molecular complexity index is 849. The first-order valence-electron chi connectivity index (χ1n) is 8.07. The fourth-order valence-corrected chi connectivity index (χ4v) is 4.29. The Hall–Kier alpha value is -2.27. The van der Waals surface area contributed by atoms with E-state index < -0.39 is 0 Å². The number of carbonyl (C=O) groups excluding carboxylic acids is 2. The number of nitrogens with one attached hydrogen (secondary N) is 1. The minimum atomic E-state index is -0.107. The molecule has 2 aliphatic rings. The molecule has 5 heteroatoms. The zero-order valence-electron chi connectivity index (χ0n) is 13.6. The summed E-state index contributed by atoms with van der Waals surface area (Å²) in [5.74, 6) is -0.0369. The van der Waals surface area contributed by atoms with Crippen LogP contribution in [0.2, 0.25) is 0 Å². The number of para-hydroxylation sites is 1. The van der Waals surface area contributed by atoms with Crippen molar-refractivity contribution in [2.45, 2.75) is 36.5 Å². The molecule has 0 aliphatic carbocycles. The molecule has 1 N–H and O–H groups in total. The van der Waals surface area contributed by atoms with Gasteiger partial charge in [0, 0.05) is 22.2 Å². The molecule has 2 aliphatic heterocycles. The fraction of sp³-hybridized carbons (Fsp3) is 0.263. The first-order chi connectivity index (χ1) is 11.5. The molecule has 0 bridgehead atoms. The van der Waals surface area contributed by atoms with Crippen LogP contribution in [0.4, 0.5) is 11.4 Å². The van der Waals surface area contributed by atoms with Crippen LogP contribution in [-0.2, 0) is 11.2 Å². The van der Waals surface area contributed by atoms with E-state index in [-0.39, 0.29) is 23.1 Å². The minimum Gasteiger partial charge on any atom is -0.324 e. The van der Waals surface area contributed by atoms with Gasteiger partial charge in [0.25, 0.3) is 5.91 Å². The van der Waals surface area contributed by atoms with E-state index in [0.29, 0.717) is 5.56 Å². The summed E-state index contributed by atoms with van der Waals surface area (Å²) in [6.07, 6.45) is 0.872. The third-order valence-electron chi connectivity index (χ3n) is 4.58. The van der Waals surface area contributed by atoms with Crippen LogP contribution in [0.25, 0.3) is 0 Å². The summed E-state index contributed by atoms with van der Waals surface area (Å²) in [7, 11) is 0. The Balaban J connectivity index is 1.69. The smallest absolute Gasteiger partial charge is 0.258 e. The summed E-state index contributed by atoms with van der Waals surface area (Å²) >= 11 is 1.52. The standard InChI is InChI=1S/C19H18N2O2S/c1-11-9-13-5-3-4-6-16(13)21(11)19(23)14-7-8-17-15(10-14)20-18(22)12(2)24-17/h3-8,10-12H,9H2,1-2H3,(H,20,22)/t11-,12+/m0/s1. The summed E-state index contributed by atoms with van der Waals surface area (Å²) in [6, 6.07) is 13.7. The van der Waals surface area contributed by atoms with Crippen LogP contribution in [0.5, 0.6) is 0 Å². The predicted octanol–water partition coefficient (Wildman–Crippen LogP) is 3.71. The van der Waals surface area contributed by atoms with Crippen molar-refractivity contribution in [3.05, 3.63) is 53.6 Å². The lowest BCUT2D eigenvalue weighted by molar-refractivity contribution is -0.115. The number of hydrogen-bond donors (Lipinski definition) is 1. The van der Waals surface area contributed by atoms with Gasteiger partial charge in [0.2, 0.25) is 5.91 Å². The van der Waals surface area contributed by atoms with Crippen LogP contribution >= 0.6 is 11.8 Å². The third-order valence-corrected chi connectivity index (χ3v) is 5.76. The fourth-order valence-electron chi connectivity index (χ4n) is 3.36. The maximum absolute atomic E-state index is 13.1. The van der Waals surface area contributed by atoms with E-state index in [9.17, 15) is 9.59 Å². The van der Waals surface area contributed by atoms with E-state index in [2.05, 4.69) is 18.3 Å². The van der Waals surface area contributed by atoms with Gasteiger partial charge in [-0.2, -0.15) is 0 Å². The molecule has 0 saturated carbocycles. The second kappa shape index (κ2) is 5.67. The Kier molecular flexibility index (Phi) is 3.61. The highest BCUT2D eigenvalue weighted by Crippen LogP contribution is 2.37. The van der Waals surface area contributed by atoms with E-state index in [1.807, 2.05) is 42.2 Å². The highest BCUT2D eigenvalue weighted by Gasteiger charge is 2.32. The van der Waals surface area contributed by atoms with Gasteiger partial charge in [0.15, 0.2) is 0 Å². The van der Waals surface area contributed by atoms with Crippen molar-refractivity contribution in [2.75, 3.05) is 10.2 Å². The molecule has 2 heterocycles. The zero-order chi connectivity index (χ0) is 16.8. The summed E-state index contributed by atoms with van der Waals surface area (Å²) in [6.45, 7) is 3.94. The lowest BCUT2D eigenvalue weighted by Crippen LogP contribution is -2.36. The van der Waals surface area contributed by atoms with E-state index in [4.69, 9.17) is 0 Å². The molecule has 0 fully saturated rings. The molecule has 2 atom stereocenters. The van der Waals surface area contributed by atoms with Crippen molar-refractivity contribution < 1.29 is 9.59 Å². The largest absolute Gasteiger partial charge is 0.324 e. The Morgan fingerprint density at radius 1 is 1.21 bits per heavy atom. The number of carbonyl (C=O) groups is 2. The Labute approximate surface area is 145 Å². The van der Waals surface area contributed by atoms with Gasteiger partial charge in [-0.05, 0) is 50.1 Å². The second-order valence-corrected chi connectivity index (χ2v) is 7.70. The van der Waals surface area contributed by atoms with Gasteiger partial charge in [-0.1, -0.05) is 18.2 Å². The number of rotatable bonds is 1. The second-order valence-electron chi connectivity index (χ2n) is 6.32. The van der Waals surface area contributed by atoms with Gasteiger partial charge >= 0.3 is 0 Å². The van der Waals surface area contributed by atoms with Gasteiger partial charge in [-0.15, -0.1) is 11.8 Å². The topological polar surface area (TPSA) is 49.4 Å². The molecule has 122 valence electrons. The Morgan fingerprint density at radius 2 is 2.00 bits per heavy atom. The molecule has 0 aromatic heterocycles. The molecule has 4 rings (SSSR count). The first kappa shape index (κ1) is 15.3. The van der Waals surface area contributed by atoms with Crippen molar-refractivity contribution in [1.82, 2.24) is 0 Å². The number of hydrogen-bond acceptors (Lipinski definition) is 3. The summed E-state index contributed by atoms with van der Waals surface area (Å²) in [5.41, 5.74) is 3.52. The van der Waals surface area contributed by atoms with Gasteiger partial charge in [0.1, 0.15) is 0 Å². The number of thioether (sulfide) groups is 1. The lowest BCUT2D eigenvalue weighted by atomic mass is 10.1. The van der Waals surface area contributed by atoms with Gasteiger partial charge in [-0.3, -0.25) is 9.59 Å². The third kappa shape index (κ3) is 2.40. The summed E-state index contributed by atoms with van der Waals surface area (Å²) in [4.78, 5) is 27.8. The average Bonchev–Trinajstić information content (AvgIpc) is 2.90. The Morgan fingerprint density at radius 3 is 2.83 bits per heavy atom. The zero-order valence-corrected chi connectivity index (χ0v) is 14.4. The lowest BCUT2D eigenvalue weighted by Gasteiger charge is -2.25. The highest BCUT2D eigenvalue weighted by molar-refractivity contribution is 8.00. The number of benzene rings is 2. The van der Waals surface area contributed by atoms with Crippen molar-refractivity contribution in [3.63, 3.8) is 0 Å². The normalized spacial score (nSPS) is 21.9. The van der Waals surface area contributed by atoms with Crippen molar-refractivity contribution in [3.8, 4) is 0 Å². The van der Waals surface area contributed by atoms with Crippen molar-refractivity contribution in [2.24, 2.45) is 0 Å². The molecule has 0 saturated heterocycles. The van der Waals surface area contributed by atoms with Crippen LogP contribution < -0.4 is 10.2 Å². The molecule has 0 spiro atoms. The average molecular weight is 338 g/mol. The number of anilines is 2. The molecule has 2 aromatic carbocycles. The maximum Gasteiger partial charge on any atom is 0.258 e. The van der Waals surface area contributed by atoms with Crippen LogP contribution in [-0.4, -0.2) is 23.1 Å². The van der Waals surface area contributed by atoms with Crippen LogP contribution in [0.15, 0.2) is 47.4 Å². The molecule has 2 amide bonds. The molecular weight excluding hydrogens is 320 g/mol. The van der Waals surface area contributed by atoms with Crippen LogP contribution in [0.3, 0.4) is 0 Å². The molecule has 0 unspecified atom stereocenters. The monoisotopic (exact) mass is 338 g/mol. The summed E-state index contributed by atoms with van der Waals surface area (Å²) in [5, 5.41) is 2.79. The molecule has 24 heavy (non-hydrogen) atoms. The van der Waals surface area contributed by atoms with Crippen molar-refractivity contribution in [1.29, 1.82) is 0 Å².